The van der Waals surface area contributed by atoms with Gasteiger partial charge in [0.05, 0.1) is 17.0 Å². The van der Waals surface area contributed by atoms with Crippen molar-refractivity contribution in [3.05, 3.63) is 72.3 Å². The summed E-state index contributed by atoms with van der Waals surface area (Å²) < 4.78 is 0. The van der Waals surface area contributed by atoms with Crippen LogP contribution < -0.4 is 0 Å². The summed E-state index contributed by atoms with van der Waals surface area (Å²) in [5.41, 5.74) is 4.30. The molecule has 0 aliphatic rings. The molecule has 24 heavy (non-hydrogen) atoms. The summed E-state index contributed by atoms with van der Waals surface area (Å²) >= 11 is 1.42. The second kappa shape index (κ2) is 7.51. The summed E-state index contributed by atoms with van der Waals surface area (Å²) in [5.74, 6) is 3.08. The van der Waals surface area contributed by atoms with Crippen LogP contribution in [0.5, 0.6) is 0 Å². The lowest BCUT2D eigenvalue weighted by molar-refractivity contribution is 1.12. The molecule has 0 fully saturated rings. The first-order valence-corrected chi connectivity index (χ1v) is 8.44. The number of hydrogen-bond donors (Lipinski definition) is 0. The van der Waals surface area contributed by atoms with E-state index in [0.717, 1.165) is 22.4 Å². The Hall–Kier alpha value is -3.01. The van der Waals surface area contributed by atoms with Gasteiger partial charge >= 0.3 is 0 Å². The summed E-state index contributed by atoms with van der Waals surface area (Å²) in [6.45, 7) is 0. The Morgan fingerprint density at radius 3 is 2.17 bits per heavy atom. The van der Waals surface area contributed by atoms with Gasteiger partial charge in [0.2, 0.25) is 0 Å². The van der Waals surface area contributed by atoms with Crippen molar-refractivity contribution in [2.45, 2.75) is 5.03 Å². The van der Waals surface area contributed by atoms with Gasteiger partial charge in [0, 0.05) is 11.1 Å². The van der Waals surface area contributed by atoms with E-state index in [1.165, 1.54) is 11.8 Å². The first-order valence-electron chi connectivity index (χ1n) is 7.45. The Bertz CT molecular complexity index is 920. The van der Waals surface area contributed by atoms with E-state index >= 15 is 0 Å². The van der Waals surface area contributed by atoms with E-state index in [1.54, 1.807) is 0 Å². The fraction of sp³-hybridized carbons (Fsp3) is 0.0476. The van der Waals surface area contributed by atoms with Gasteiger partial charge in [0.1, 0.15) is 11.1 Å². The number of benzene rings is 2. The van der Waals surface area contributed by atoms with Crippen LogP contribution in [-0.2, 0) is 0 Å². The molecule has 0 unspecified atom stereocenters. The molecule has 114 valence electrons. The van der Waals surface area contributed by atoms with Crippen LogP contribution in [0.4, 0.5) is 0 Å². The van der Waals surface area contributed by atoms with Crippen LogP contribution in [0.3, 0.4) is 0 Å². The minimum atomic E-state index is 0.480. The maximum Gasteiger partial charge on any atom is 0.116 e. The summed E-state index contributed by atoms with van der Waals surface area (Å²) in [7, 11) is 0. The monoisotopic (exact) mass is 326 g/mol. The van der Waals surface area contributed by atoms with E-state index in [1.807, 2.05) is 66.7 Å². The fourth-order valence-corrected chi connectivity index (χ4v) is 3.13. The van der Waals surface area contributed by atoms with Crippen molar-refractivity contribution in [1.82, 2.24) is 4.98 Å². The molecule has 0 aliphatic carbocycles. The third-order valence-electron chi connectivity index (χ3n) is 3.54. The van der Waals surface area contributed by atoms with Crippen molar-refractivity contribution < 1.29 is 0 Å². The molecule has 0 radical (unpaired) electrons. The molecular formula is C21H14N2S. The molecule has 0 N–H and O–H groups in total. The Kier molecular flexibility index (Phi) is 4.96. The van der Waals surface area contributed by atoms with Crippen LogP contribution in [-0.4, -0.2) is 10.7 Å². The molecule has 0 atom stereocenters. The predicted octanol–water partition coefficient (Wildman–Crippen LogP) is 5.01. The molecule has 0 spiro atoms. The maximum absolute atomic E-state index is 9.67. The van der Waals surface area contributed by atoms with Crippen LogP contribution in [0, 0.1) is 23.7 Å². The van der Waals surface area contributed by atoms with Gasteiger partial charge in [-0.15, -0.1) is 6.42 Å². The van der Waals surface area contributed by atoms with Gasteiger partial charge in [-0.3, -0.25) is 0 Å². The van der Waals surface area contributed by atoms with Gasteiger partial charge in [-0.1, -0.05) is 78.3 Å². The van der Waals surface area contributed by atoms with Gasteiger partial charge in [-0.2, -0.15) is 5.26 Å². The second-order valence-electron chi connectivity index (χ2n) is 5.07. The fourth-order valence-electron chi connectivity index (χ4n) is 2.45. The molecule has 3 rings (SSSR count). The zero-order chi connectivity index (χ0) is 16.8. The third-order valence-corrected chi connectivity index (χ3v) is 4.42. The van der Waals surface area contributed by atoms with Crippen molar-refractivity contribution in [3.63, 3.8) is 0 Å². The number of pyridine rings is 1. The van der Waals surface area contributed by atoms with Crippen LogP contribution in [0.25, 0.3) is 22.4 Å². The lowest BCUT2D eigenvalue weighted by Gasteiger charge is -2.12. The number of nitriles is 1. The standard InChI is InChI=1S/C21H14N2S/c1-2-13-24-21-19(15-22)18(16-9-5-3-6-10-16)14-20(23-21)17-11-7-4-8-12-17/h1,3-12,14H,13H2. The molecule has 0 saturated carbocycles. The molecule has 0 bridgehead atoms. The topological polar surface area (TPSA) is 36.7 Å². The number of terminal acetylenes is 1. The molecule has 0 saturated heterocycles. The number of aromatic nitrogens is 1. The third kappa shape index (κ3) is 3.33. The minimum absolute atomic E-state index is 0.480. The Morgan fingerprint density at radius 2 is 1.58 bits per heavy atom. The number of thioether (sulfide) groups is 1. The van der Waals surface area contributed by atoms with Gasteiger partial charge in [-0.25, -0.2) is 4.98 Å². The Balaban J connectivity index is 2.23. The highest BCUT2D eigenvalue weighted by molar-refractivity contribution is 7.99. The van der Waals surface area contributed by atoms with Crippen molar-refractivity contribution in [1.29, 1.82) is 5.26 Å². The summed E-state index contributed by atoms with van der Waals surface area (Å²) in [6, 6.07) is 24.1. The molecule has 2 nitrogen and oxygen atoms in total. The molecule has 1 aromatic heterocycles. The highest BCUT2D eigenvalue weighted by atomic mass is 32.2. The highest BCUT2D eigenvalue weighted by Gasteiger charge is 2.15. The highest BCUT2D eigenvalue weighted by Crippen LogP contribution is 2.33. The zero-order valence-electron chi connectivity index (χ0n) is 12.9. The number of rotatable bonds is 4. The Morgan fingerprint density at radius 1 is 0.958 bits per heavy atom. The first-order chi connectivity index (χ1) is 11.8. The molecule has 0 aliphatic heterocycles. The molecular weight excluding hydrogens is 312 g/mol. The van der Waals surface area contributed by atoms with Crippen LogP contribution in [0.15, 0.2) is 71.8 Å². The SMILES string of the molecule is C#CCSc1nc(-c2ccccc2)cc(-c2ccccc2)c1C#N. The molecule has 2 aromatic carbocycles. The number of hydrogen-bond acceptors (Lipinski definition) is 3. The summed E-state index contributed by atoms with van der Waals surface area (Å²) in [4.78, 5) is 4.68. The van der Waals surface area contributed by atoms with E-state index < -0.39 is 0 Å². The zero-order valence-corrected chi connectivity index (χ0v) is 13.8. The van der Waals surface area contributed by atoms with E-state index in [9.17, 15) is 5.26 Å². The summed E-state index contributed by atoms with van der Waals surface area (Å²) in [6.07, 6.45) is 5.38. The average Bonchev–Trinajstić information content (AvgIpc) is 2.67. The van der Waals surface area contributed by atoms with Crippen LogP contribution >= 0.6 is 11.8 Å². The molecule has 1 heterocycles. The lowest BCUT2D eigenvalue weighted by Crippen LogP contribution is -1.96. The van der Waals surface area contributed by atoms with E-state index in [-0.39, 0.29) is 0 Å². The van der Waals surface area contributed by atoms with Crippen LogP contribution in [0.2, 0.25) is 0 Å². The molecule has 0 amide bonds. The van der Waals surface area contributed by atoms with Crippen molar-refractivity contribution in [2.24, 2.45) is 0 Å². The van der Waals surface area contributed by atoms with Gasteiger partial charge in [0.25, 0.3) is 0 Å². The van der Waals surface area contributed by atoms with Gasteiger partial charge < -0.3 is 0 Å². The normalized spacial score (nSPS) is 9.92. The number of nitrogens with zero attached hydrogens (tertiary/aromatic N) is 2. The minimum Gasteiger partial charge on any atom is -0.240 e. The van der Waals surface area contributed by atoms with Crippen molar-refractivity contribution in [3.8, 4) is 40.8 Å². The summed E-state index contributed by atoms with van der Waals surface area (Å²) in [5, 5.41) is 10.3. The van der Waals surface area contributed by atoms with E-state index in [4.69, 9.17) is 6.42 Å². The predicted molar refractivity (Wildman–Crippen MR) is 99.4 cm³/mol. The van der Waals surface area contributed by atoms with Crippen molar-refractivity contribution >= 4 is 11.8 Å². The quantitative estimate of drug-likeness (QED) is 0.499. The average molecular weight is 326 g/mol. The van der Waals surface area contributed by atoms with Gasteiger partial charge in [0.15, 0.2) is 0 Å². The molecule has 3 aromatic rings. The lowest BCUT2D eigenvalue weighted by atomic mass is 9.99. The maximum atomic E-state index is 9.67. The van der Waals surface area contributed by atoms with Gasteiger partial charge in [-0.05, 0) is 11.6 Å². The first kappa shape index (κ1) is 15.9. The smallest absolute Gasteiger partial charge is 0.116 e. The van der Waals surface area contributed by atoms with Crippen LogP contribution in [0.1, 0.15) is 5.56 Å². The second-order valence-corrected chi connectivity index (χ2v) is 6.04. The Labute approximate surface area is 146 Å². The largest absolute Gasteiger partial charge is 0.240 e. The van der Waals surface area contributed by atoms with E-state index in [2.05, 4.69) is 17.0 Å². The van der Waals surface area contributed by atoms with Crippen molar-refractivity contribution in [2.75, 3.05) is 5.75 Å². The van der Waals surface area contributed by atoms with E-state index in [0.29, 0.717) is 16.3 Å². The molecule has 3 heteroatoms.